The first-order valence-corrected chi connectivity index (χ1v) is 21.8. The predicted octanol–water partition coefficient (Wildman–Crippen LogP) is 11.2. The molecule has 0 spiro atoms. The Bertz CT molecular complexity index is 881. The zero-order chi connectivity index (χ0) is 36.8. The van der Waals surface area contributed by atoms with Crippen LogP contribution in [0.2, 0.25) is 0 Å². The van der Waals surface area contributed by atoms with Crippen molar-refractivity contribution < 1.29 is 37.6 Å². The van der Waals surface area contributed by atoms with Crippen molar-refractivity contribution in [3.05, 3.63) is 24.3 Å². The molecular formula is C40H76NO8P. The van der Waals surface area contributed by atoms with Gasteiger partial charge in [-0.3, -0.25) is 18.6 Å². The number of hydrogen-bond acceptors (Lipinski definition) is 8. The molecule has 0 rings (SSSR count). The highest BCUT2D eigenvalue weighted by Gasteiger charge is 2.25. The third-order valence-electron chi connectivity index (χ3n) is 8.56. The topological polar surface area (TPSA) is 134 Å². The fourth-order valence-electron chi connectivity index (χ4n) is 5.51. The third-order valence-corrected chi connectivity index (χ3v) is 9.54. The number of nitrogens with two attached hydrogens (primary N) is 1. The molecule has 0 bridgehead atoms. The molecule has 0 aliphatic heterocycles. The van der Waals surface area contributed by atoms with Gasteiger partial charge >= 0.3 is 19.8 Å². The van der Waals surface area contributed by atoms with Gasteiger partial charge < -0.3 is 20.1 Å². The standard InChI is InChI=1S/C40H76NO8P/c1-3-5-7-9-11-13-15-17-19-21-22-24-26-28-30-32-39(42)46-36-38(37-48-50(44,45)47-35-34-41)49-40(43)33-31-29-27-25-23-20-18-16-14-12-10-8-6-4-2/h16,18,22,24,38H,3-15,17,19-21,23,25-37,41H2,1-2H3,(H,44,45)/b18-16+,24-22+/t38-/m1/s1. The Morgan fingerprint density at radius 1 is 0.580 bits per heavy atom. The number of ether oxygens (including phenoxy) is 2. The molecule has 0 aromatic carbocycles. The number of phosphoric ester groups is 1. The number of phosphoric acid groups is 1. The lowest BCUT2D eigenvalue weighted by atomic mass is 10.1. The number of carbonyl (C=O) groups excluding carboxylic acids is 2. The van der Waals surface area contributed by atoms with Gasteiger partial charge in [0.05, 0.1) is 13.2 Å². The van der Waals surface area contributed by atoms with E-state index in [4.69, 9.17) is 24.3 Å². The lowest BCUT2D eigenvalue weighted by molar-refractivity contribution is -0.161. The summed E-state index contributed by atoms with van der Waals surface area (Å²) in [6, 6.07) is 0. The number of unbranched alkanes of at least 4 members (excludes halogenated alkanes) is 21. The van der Waals surface area contributed by atoms with Crippen molar-refractivity contribution in [2.75, 3.05) is 26.4 Å². The Balaban J connectivity index is 4.22. The summed E-state index contributed by atoms with van der Waals surface area (Å²) in [7, 11) is -4.38. The molecule has 0 aromatic heterocycles. The summed E-state index contributed by atoms with van der Waals surface area (Å²) in [5.41, 5.74) is 5.33. The van der Waals surface area contributed by atoms with E-state index in [2.05, 4.69) is 38.2 Å². The highest BCUT2D eigenvalue weighted by Crippen LogP contribution is 2.43. The molecule has 0 saturated heterocycles. The molecule has 50 heavy (non-hydrogen) atoms. The average Bonchev–Trinajstić information content (AvgIpc) is 3.10. The molecule has 0 fully saturated rings. The quantitative estimate of drug-likeness (QED) is 0.0275. The fraction of sp³-hybridized carbons (Fsp3) is 0.850. The molecule has 0 aliphatic carbocycles. The summed E-state index contributed by atoms with van der Waals surface area (Å²) < 4.78 is 32.7. The first kappa shape index (κ1) is 48.5. The molecule has 1 unspecified atom stereocenters. The molecule has 9 nitrogen and oxygen atoms in total. The Morgan fingerprint density at radius 2 is 0.980 bits per heavy atom. The van der Waals surface area contributed by atoms with Gasteiger partial charge in [-0.2, -0.15) is 0 Å². The zero-order valence-electron chi connectivity index (χ0n) is 32.1. The molecule has 0 saturated carbocycles. The van der Waals surface area contributed by atoms with E-state index < -0.39 is 32.5 Å². The Kier molecular flexibility index (Phi) is 36.1. The maximum Gasteiger partial charge on any atom is 0.472 e. The van der Waals surface area contributed by atoms with Crippen LogP contribution in [0, 0.1) is 0 Å². The average molecular weight is 730 g/mol. The molecule has 0 radical (unpaired) electrons. The molecule has 3 N–H and O–H groups in total. The minimum atomic E-state index is -4.38. The Hall–Kier alpha value is -1.51. The maximum atomic E-state index is 12.5. The second-order valence-corrected chi connectivity index (χ2v) is 14.9. The van der Waals surface area contributed by atoms with Crippen LogP contribution in [0.25, 0.3) is 0 Å². The van der Waals surface area contributed by atoms with E-state index >= 15 is 0 Å². The summed E-state index contributed by atoms with van der Waals surface area (Å²) >= 11 is 0. The van der Waals surface area contributed by atoms with Crippen LogP contribution in [0.1, 0.15) is 187 Å². The normalized spacial score (nSPS) is 13.6. The van der Waals surface area contributed by atoms with Crippen LogP contribution in [0.4, 0.5) is 0 Å². The fourth-order valence-corrected chi connectivity index (χ4v) is 6.27. The number of rotatable bonds is 38. The zero-order valence-corrected chi connectivity index (χ0v) is 33.0. The molecule has 294 valence electrons. The van der Waals surface area contributed by atoms with Gasteiger partial charge in [-0.05, 0) is 64.2 Å². The highest BCUT2D eigenvalue weighted by molar-refractivity contribution is 7.47. The minimum absolute atomic E-state index is 0.0505. The van der Waals surface area contributed by atoms with Gasteiger partial charge in [-0.15, -0.1) is 0 Å². The monoisotopic (exact) mass is 730 g/mol. The van der Waals surface area contributed by atoms with Crippen LogP contribution in [0.3, 0.4) is 0 Å². The smallest absolute Gasteiger partial charge is 0.462 e. The first-order chi connectivity index (χ1) is 24.3. The summed E-state index contributed by atoms with van der Waals surface area (Å²) in [6.07, 6.45) is 37.8. The lowest BCUT2D eigenvalue weighted by Gasteiger charge is -2.19. The second-order valence-electron chi connectivity index (χ2n) is 13.5. The third kappa shape index (κ3) is 36.3. The van der Waals surface area contributed by atoms with Crippen LogP contribution in [0.15, 0.2) is 24.3 Å². The van der Waals surface area contributed by atoms with Crippen molar-refractivity contribution in [3.63, 3.8) is 0 Å². The van der Waals surface area contributed by atoms with Crippen LogP contribution >= 0.6 is 7.82 Å². The van der Waals surface area contributed by atoms with Gasteiger partial charge in [0.25, 0.3) is 0 Å². The van der Waals surface area contributed by atoms with Crippen LogP contribution in [-0.4, -0.2) is 49.3 Å². The van der Waals surface area contributed by atoms with Gasteiger partial charge in [0.2, 0.25) is 0 Å². The summed E-state index contributed by atoms with van der Waals surface area (Å²) in [4.78, 5) is 34.7. The van der Waals surface area contributed by atoms with E-state index in [1.807, 2.05) is 0 Å². The summed E-state index contributed by atoms with van der Waals surface area (Å²) in [6.45, 7) is 3.69. The Morgan fingerprint density at radius 3 is 1.46 bits per heavy atom. The van der Waals surface area contributed by atoms with Gasteiger partial charge in [-0.25, -0.2) is 4.57 Å². The van der Waals surface area contributed by atoms with Gasteiger partial charge in [0, 0.05) is 19.4 Å². The van der Waals surface area contributed by atoms with Crippen molar-refractivity contribution in [2.24, 2.45) is 5.73 Å². The number of esters is 2. The minimum Gasteiger partial charge on any atom is -0.462 e. The van der Waals surface area contributed by atoms with Crippen molar-refractivity contribution >= 4 is 19.8 Å². The van der Waals surface area contributed by atoms with E-state index in [0.29, 0.717) is 12.8 Å². The van der Waals surface area contributed by atoms with Gasteiger partial charge in [0.1, 0.15) is 6.61 Å². The van der Waals surface area contributed by atoms with Crippen LogP contribution in [0.5, 0.6) is 0 Å². The number of carbonyl (C=O) groups is 2. The maximum absolute atomic E-state index is 12.5. The van der Waals surface area contributed by atoms with E-state index in [0.717, 1.165) is 51.4 Å². The van der Waals surface area contributed by atoms with E-state index in [-0.39, 0.29) is 32.6 Å². The van der Waals surface area contributed by atoms with Crippen molar-refractivity contribution in [2.45, 2.75) is 193 Å². The van der Waals surface area contributed by atoms with E-state index in [1.54, 1.807) is 0 Å². The van der Waals surface area contributed by atoms with Crippen LogP contribution in [-0.2, 0) is 32.7 Å². The molecule has 0 aliphatic rings. The van der Waals surface area contributed by atoms with Crippen molar-refractivity contribution in [1.29, 1.82) is 0 Å². The predicted molar refractivity (Wildman–Crippen MR) is 206 cm³/mol. The largest absolute Gasteiger partial charge is 0.472 e. The summed E-state index contributed by atoms with van der Waals surface area (Å²) in [5.74, 6) is -0.862. The SMILES string of the molecule is CCCCCCC/C=C/CCCCCCCC(=O)O[C@H](COC(=O)CCCC/C=C/CCCCCCCCCCC)COP(=O)(O)OCCN. The molecular weight excluding hydrogens is 653 g/mol. The van der Waals surface area contributed by atoms with Gasteiger partial charge in [0.15, 0.2) is 6.10 Å². The van der Waals surface area contributed by atoms with E-state index in [9.17, 15) is 19.0 Å². The molecule has 0 amide bonds. The highest BCUT2D eigenvalue weighted by atomic mass is 31.2. The van der Waals surface area contributed by atoms with E-state index in [1.165, 1.54) is 96.3 Å². The second kappa shape index (κ2) is 37.3. The molecule has 2 atom stereocenters. The first-order valence-electron chi connectivity index (χ1n) is 20.3. The number of allylic oxidation sites excluding steroid dienone is 4. The van der Waals surface area contributed by atoms with Crippen LogP contribution < -0.4 is 5.73 Å². The van der Waals surface area contributed by atoms with Gasteiger partial charge in [-0.1, -0.05) is 134 Å². The molecule has 0 aromatic rings. The molecule has 0 heterocycles. The molecule has 10 heteroatoms. The lowest BCUT2D eigenvalue weighted by Crippen LogP contribution is -2.29. The van der Waals surface area contributed by atoms with Crippen molar-refractivity contribution in [1.82, 2.24) is 0 Å². The van der Waals surface area contributed by atoms with Crippen molar-refractivity contribution in [3.8, 4) is 0 Å². The number of hydrogen-bond donors (Lipinski definition) is 2. The Labute approximate surface area is 306 Å². The summed E-state index contributed by atoms with van der Waals surface area (Å²) in [5, 5.41) is 0.